The molecule has 71 valence electrons. The van der Waals surface area contributed by atoms with Gasteiger partial charge in [-0.2, -0.15) is 5.26 Å². The minimum absolute atomic E-state index is 0.635. The largest absolute Gasteiger partial charge is 0.192 e. The van der Waals surface area contributed by atoms with Crippen molar-refractivity contribution < 1.29 is 0 Å². The second kappa shape index (κ2) is 4.16. The van der Waals surface area contributed by atoms with E-state index in [4.69, 9.17) is 16.9 Å². The van der Waals surface area contributed by atoms with Crippen molar-refractivity contribution in [1.82, 2.24) is 0 Å². The lowest BCUT2D eigenvalue weighted by atomic mass is 10.0. The molecule has 0 heterocycles. The van der Waals surface area contributed by atoms with Crippen LogP contribution in [0.25, 0.3) is 11.1 Å². The van der Waals surface area contributed by atoms with Gasteiger partial charge in [-0.05, 0) is 29.8 Å². The lowest BCUT2D eigenvalue weighted by molar-refractivity contribution is 1.48. The van der Waals surface area contributed by atoms with Gasteiger partial charge in [-0.1, -0.05) is 35.9 Å². The van der Waals surface area contributed by atoms with Gasteiger partial charge in [-0.3, -0.25) is 0 Å². The molecule has 2 rings (SSSR count). The van der Waals surface area contributed by atoms with Gasteiger partial charge in [-0.25, -0.2) is 0 Å². The molecule has 0 bridgehead atoms. The molecule has 2 heteroatoms. The van der Waals surface area contributed by atoms with Gasteiger partial charge in [0.05, 0.1) is 11.6 Å². The van der Waals surface area contributed by atoms with E-state index in [9.17, 15) is 0 Å². The number of rotatable bonds is 1. The maximum Gasteiger partial charge on any atom is 0.0998 e. The van der Waals surface area contributed by atoms with Gasteiger partial charge in [0.15, 0.2) is 0 Å². The molecule has 1 nitrogen and oxygen atoms in total. The maximum absolute atomic E-state index is 8.95. The van der Waals surface area contributed by atoms with Crippen LogP contribution in [0.1, 0.15) is 5.56 Å². The SMILES string of the molecule is N#Cc1ccccc1-c1[c]ccc(Cl)c1. The molecule has 15 heavy (non-hydrogen) atoms. The van der Waals surface area contributed by atoms with Crippen molar-refractivity contribution >= 4 is 11.6 Å². The van der Waals surface area contributed by atoms with Crippen LogP contribution in [0.3, 0.4) is 0 Å². The fraction of sp³-hybridized carbons (Fsp3) is 0. The van der Waals surface area contributed by atoms with E-state index in [1.165, 1.54) is 0 Å². The van der Waals surface area contributed by atoms with Crippen molar-refractivity contribution in [2.75, 3.05) is 0 Å². The Kier molecular flexibility index (Phi) is 2.71. The molecule has 0 aliphatic rings. The summed E-state index contributed by atoms with van der Waals surface area (Å²) in [5, 5.41) is 9.60. The molecule has 0 unspecified atom stereocenters. The van der Waals surface area contributed by atoms with Gasteiger partial charge < -0.3 is 0 Å². The highest BCUT2D eigenvalue weighted by Crippen LogP contribution is 2.24. The van der Waals surface area contributed by atoms with E-state index in [2.05, 4.69) is 12.1 Å². The van der Waals surface area contributed by atoms with E-state index in [0.29, 0.717) is 10.6 Å². The van der Waals surface area contributed by atoms with E-state index in [1.54, 1.807) is 24.3 Å². The van der Waals surface area contributed by atoms with Crippen molar-refractivity contribution in [3.05, 3.63) is 59.1 Å². The summed E-state index contributed by atoms with van der Waals surface area (Å²) in [4.78, 5) is 0. The molecule has 1 radical (unpaired) electrons. The summed E-state index contributed by atoms with van der Waals surface area (Å²) < 4.78 is 0. The van der Waals surface area contributed by atoms with E-state index in [0.717, 1.165) is 11.1 Å². The standard InChI is InChI=1S/C13H7ClN/c14-12-6-3-5-10(8-12)13-7-2-1-4-11(13)9-15/h1-4,6-8H. The Balaban J connectivity index is 2.60. The van der Waals surface area contributed by atoms with Crippen LogP contribution < -0.4 is 0 Å². The molecule has 2 aromatic rings. The minimum atomic E-state index is 0.635. The molecule has 0 saturated heterocycles. The van der Waals surface area contributed by atoms with Crippen LogP contribution in [0.4, 0.5) is 0 Å². The number of nitrogens with zero attached hydrogens (tertiary/aromatic N) is 1. The van der Waals surface area contributed by atoms with Gasteiger partial charge in [0.1, 0.15) is 0 Å². The molecule has 0 aliphatic carbocycles. The Morgan fingerprint density at radius 1 is 1.20 bits per heavy atom. The maximum atomic E-state index is 8.95. The van der Waals surface area contributed by atoms with Crippen molar-refractivity contribution in [2.45, 2.75) is 0 Å². The van der Waals surface area contributed by atoms with E-state index < -0.39 is 0 Å². The second-order valence-corrected chi connectivity index (χ2v) is 3.51. The van der Waals surface area contributed by atoms with E-state index in [-0.39, 0.29) is 0 Å². The van der Waals surface area contributed by atoms with Crippen molar-refractivity contribution in [1.29, 1.82) is 5.26 Å². The first kappa shape index (κ1) is 9.76. The van der Waals surface area contributed by atoms with Gasteiger partial charge in [-0.15, -0.1) is 0 Å². The molecule has 0 amide bonds. The summed E-state index contributed by atoms with van der Waals surface area (Å²) in [6, 6.07) is 17.9. The topological polar surface area (TPSA) is 23.8 Å². The molecule has 0 atom stereocenters. The molecular weight excluding hydrogens is 206 g/mol. The van der Waals surface area contributed by atoms with Crippen molar-refractivity contribution in [3.8, 4) is 17.2 Å². The summed E-state index contributed by atoms with van der Waals surface area (Å²) in [5.74, 6) is 0. The van der Waals surface area contributed by atoms with Crippen LogP contribution in [0.5, 0.6) is 0 Å². The molecular formula is C13H7ClN. The van der Waals surface area contributed by atoms with Crippen LogP contribution in [0.2, 0.25) is 5.02 Å². The normalized spacial score (nSPS) is 9.60. The van der Waals surface area contributed by atoms with Crippen LogP contribution in [0.15, 0.2) is 42.5 Å². The summed E-state index contributed by atoms with van der Waals surface area (Å²) in [6.07, 6.45) is 0. The zero-order valence-electron chi connectivity index (χ0n) is 7.87. The fourth-order valence-corrected chi connectivity index (χ4v) is 1.58. The molecule has 0 aromatic heterocycles. The third-order valence-electron chi connectivity index (χ3n) is 2.10. The first-order valence-corrected chi connectivity index (χ1v) is 4.86. The Bertz CT molecular complexity index is 526. The van der Waals surface area contributed by atoms with E-state index in [1.807, 2.05) is 18.2 Å². The Morgan fingerprint density at radius 2 is 2.00 bits per heavy atom. The second-order valence-electron chi connectivity index (χ2n) is 3.08. The lowest BCUT2D eigenvalue weighted by Crippen LogP contribution is -1.83. The third-order valence-corrected chi connectivity index (χ3v) is 2.34. The minimum Gasteiger partial charge on any atom is -0.192 e. The van der Waals surface area contributed by atoms with Crippen LogP contribution in [-0.4, -0.2) is 0 Å². The average Bonchev–Trinajstić information content (AvgIpc) is 2.29. The first-order chi connectivity index (χ1) is 7.31. The zero-order valence-corrected chi connectivity index (χ0v) is 8.62. The third kappa shape index (κ3) is 2.01. The Labute approximate surface area is 93.5 Å². The highest BCUT2D eigenvalue weighted by Gasteiger charge is 2.03. The number of halogens is 1. The van der Waals surface area contributed by atoms with Gasteiger partial charge in [0, 0.05) is 10.6 Å². The summed E-state index contributed by atoms with van der Waals surface area (Å²) >= 11 is 5.89. The molecule has 0 N–H and O–H groups in total. The fourth-order valence-electron chi connectivity index (χ4n) is 1.41. The van der Waals surface area contributed by atoms with E-state index >= 15 is 0 Å². The highest BCUT2D eigenvalue weighted by molar-refractivity contribution is 6.30. The zero-order chi connectivity index (χ0) is 10.7. The van der Waals surface area contributed by atoms with Crippen molar-refractivity contribution in [3.63, 3.8) is 0 Å². The summed E-state index contributed by atoms with van der Waals surface area (Å²) in [7, 11) is 0. The molecule has 0 fully saturated rings. The first-order valence-electron chi connectivity index (χ1n) is 4.48. The van der Waals surface area contributed by atoms with Crippen LogP contribution >= 0.6 is 11.6 Å². The van der Waals surface area contributed by atoms with Crippen LogP contribution in [-0.2, 0) is 0 Å². The number of benzene rings is 2. The molecule has 0 saturated carbocycles. The monoisotopic (exact) mass is 212 g/mol. The molecule has 0 aliphatic heterocycles. The molecule has 0 spiro atoms. The summed E-state index contributed by atoms with van der Waals surface area (Å²) in [6.45, 7) is 0. The smallest absolute Gasteiger partial charge is 0.0998 e. The predicted octanol–water partition coefficient (Wildman–Crippen LogP) is 3.68. The Hall–Kier alpha value is -1.78. The lowest BCUT2D eigenvalue weighted by Gasteiger charge is -2.03. The highest BCUT2D eigenvalue weighted by atomic mass is 35.5. The van der Waals surface area contributed by atoms with Crippen molar-refractivity contribution in [2.24, 2.45) is 0 Å². The van der Waals surface area contributed by atoms with Gasteiger partial charge in [0.25, 0.3) is 0 Å². The van der Waals surface area contributed by atoms with Gasteiger partial charge in [0.2, 0.25) is 0 Å². The average molecular weight is 213 g/mol. The molecule has 2 aromatic carbocycles. The van der Waals surface area contributed by atoms with Crippen LogP contribution in [0, 0.1) is 17.4 Å². The quantitative estimate of drug-likeness (QED) is 0.708. The number of hydrogen-bond acceptors (Lipinski definition) is 1. The Morgan fingerprint density at radius 3 is 2.73 bits per heavy atom. The number of hydrogen-bond donors (Lipinski definition) is 0. The summed E-state index contributed by atoms with van der Waals surface area (Å²) in [5.41, 5.74) is 2.35. The van der Waals surface area contributed by atoms with Gasteiger partial charge >= 0.3 is 0 Å². The predicted molar refractivity (Wildman–Crippen MR) is 60.4 cm³/mol. The number of nitriles is 1.